The van der Waals surface area contributed by atoms with E-state index in [1.54, 1.807) is 0 Å². The average molecular weight is 278 g/mol. The standard InChI is InChI=1S/C10H14BrClN2/c1-13-4-5-14-7-8-2-3-9(12)6-10(8)11/h2-3,6,13-14H,4-5,7H2,1H3. The quantitative estimate of drug-likeness (QED) is 0.808. The summed E-state index contributed by atoms with van der Waals surface area (Å²) in [5, 5.41) is 7.17. The van der Waals surface area contributed by atoms with Crippen molar-refractivity contribution in [2.24, 2.45) is 0 Å². The summed E-state index contributed by atoms with van der Waals surface area (Å²) >= 11 is 9.32. The number of rotatable bonds is 5. The Morgan fingerprint density at radius 3 is 2.79 bits per heavy atom. The van der Waals surface area contributed by atoms with E-state index >= 15 is 0 Å². The number of likely N-dealkylation sites (N-methyl/N-ethyl adjacent to an activating group) is 1. The van der Waals surface area contributed by atoms with Gasteiger partial charge in [0.1, 0.15) is 0 Å². The molecule has 0 saturated carbocycles. The van der Waals surface area contributed by atoms with Crippen LogP contribution in [0, 0.1) is 0 Å². The fourth-order valence-electron chi connectivity index (χ4n) is 1.10. The van der Waals surface area contributed by atoms with Crippen molar-refractivity contribution in [2.75, 3.05) is 20.1 Å². The molecule has 0 radical (unpaired) electrons. The van der Waals surface area contributed by atoms with Crippen LogP contribution >= 0.6 is 27.5 Å². The molecular weight excluding hydrogens is 263 g/mol. The number of hydrogen-bond acceptors (Lipinski definition) is 2. The summed E-state index contributed by atoms with van der Waals surface area (Å²) in [6, 6.07) is 5.84. The minimum atomic E-state index is 0.760. The zero-order chi connectivity index (χ0) is 10.4. The Balaban J connectivity index is 2.42. The van der Waals surface area contributed by atoms with E-state index in [9.17, 15) is 0 Å². The maximum Gasteiger partial charge on any atom is 0.0417 e. The third kappa shape index (κ3) is 3.96. The van der Waals surface area contributed by atoms with Crippen LogP contribution < -0.4 is 10.6 Å². The topological polar surface area (TPSA) is 24.1 Å². The van der Waals surface area contributed by atoms with Crippen LogP contribution in [-0.2, 0) is 6.54 Å². The van der Waals surface area contributed by atoms with Crippen LogP contribution in [0.15, 0.2) is 22.7 Å². The fraction of sp³-hybridized carbons (Fsp3) is 0.400. The molecule has 1 aromatic rings. The second-order valence-corrected chi connectivity index (χ2v) is 4.31. The summed E-state index contributed by atoms with van der Waals surface area (Å²) in [6.07, 6.45) is 0. The Bertz CT molecular complexity index is 291. The van der Waals surface area contributed by atoms with Crippen molar-refractivity contribution < 1.29 is 0 Å². The number of halogens is 2. The summed E-state index contributed by atoms with van der Waals surface area (Å²) in [5.41, 5.74) is 1.23. The smallest absolute Gasteiger partial charge is 0.0417 e. The molecule has 0 aromatic heterocycles. The molecule has 0 aliphatic carbocycles. The monoisotopic (exact) mass is 276 g/mol. The zero-order valence-corrected chi connectivity index (χ0v) is 10.5. The molecule has 78 valence electrons. The van der Waals surface area contributed by atoms with Crippen molar-refractivity contribution in [3.8, 4) is 0 Å². The number of benzene rings is 1. The molecule has 14 heavy (non-hydrogen) atoms. The largest absolute Gasteiger partial charge is 0.318 e. The third-order valence-corrected chi connectivity index (χ3v) is 2.86. The highest BCUT2D eigenvalue weighted by molar-refractivity contribution is 9.10. The number of hydrogen-bond donors (Lipinski definition) is 2. The van der Waals surface area contributed by atoms with Gasteiger partial charge in [0.15, 0.2) is 0 Å². The fourth-order valence-corrected chi connectivity index (χ4v) is 1.92. The maximum atomic E-state index is 5.84. The van der Waals surface area contributed by atoms with E-state index in [2.05, 4.69) is 26.6 Å². The van der Waals surface area contributed by atoms with Crippen LogP contribution in [0.5, 0.6) is 0 Å². The first-order valence-corrected chi connectivity index (χ1v) is 5.70. The SMILES string of the molecule is CNCCNCc1ccc(Cl)cc1Br. The second kappa shape index (κ2) is 6.40. The van der Waals surface area contributed by atoms with Gasteiger partial charge in [-0.3, -0.25) is 0 Å². The molecule has 0 heterocycles. The lowest BCUT2D eigenvalue weighted by atomic mass is 10.2. The summed E-state index contributed by atoms with van der Waals surface area (Å²) < 4.78 is 1.06. The van der Waals surface area contributed by atoms with Crippen LogP contribution in [0.3, 0.4) is 0 Å². The van der Waals surface area contributed by atoms with E-state index in [0.29, 0.717) is 0 Å². The first-order chi connectivity index (χ1) is 6.74. The van der Waals surface area contributed by atoms with E-state index in [1.165, 1.54) is 5.56 Å². The van der Waals surface area contributed by atoms with Gasteiger partial charge in [0.25, 0.3) is 0 Å². The lowest BCUT2D eigenvalue weighted by Crippen LogP contribution is -2.24. The van der Waals surface area contributed by atoms with Crippen molar-refractivity contribution in [1.29, 1.82) is 0 Å². The van der Waals surface area contributed by atoms with E-state index in [1.807, 2.05) is 25.2 Å². The van der Waals surface area contributed by atoms with Crippen molar-refractivity contribution in [3.05, 3.63) is 33.3 Å². The summed E-state index contributed by atoms with van der Waals surface area (Å²) in [5.74, 6) is 0. The van der Waals surface area contributed by atoms with Crippen LogP contribution in [0.1, 0.15) is 5.56 Å². The first-order valence-electron chi connectivity index (χ1n) is 4.53. The molecule has 0 aliphatic heterocycles. The molecule has 0 unspecified atom stereocenters. The molecule has 1 rings (SSSR count). The Hall–Kier alpha value is -0.0900. The highest BCUT2D eigenvalue weighted by Gasteiger charge is 1.99. The highest BCUT2D eigenvalue weighted by atomic mass is 79.9. The first kappa shape index (κ1) is 12.0. The molecule has 2 N–H and O–H groups in total. The minimum Gasteiger partial charge on any atom is -0.318 e. The number of nitrogens with one attached hydrogen (secondary N) is 2. The molecular formula is C10H14BrClN2. The lowest BCUT2D eigenvalue weighted by Gasteiger charge is -2.06. The predicted molar refractivity (Wildman–Crippen MR) is 64.8 cm³/mol. The Kier molecular flexibility index (Phi) is 5.48. The van der Waals surface area contributed by atoms with Crippen LogP contribution in [0.25, 0.3) is 0 Å². The van der Waals surface area contributed by atoms with E-state index in [0.717, 1.165) is 29.1 Å². The lowest BCUT2D eigenvalue weighted by molar-refractivity contribution is 0.649. The third-order valence-electron chi connectivity index (χ3n) is 1.88. The van der Waals surface area contributed by atoms with Gasteiger partial charge in [-0.1, -0.05) is 33.6 Å². The van der Waals surface area contributed by atoms with Crippen molar-refractivity contribution >= 4 is 27.5 Å². The van der Waals surface area contributed by atoms with Gasteiger partial charge in [0.05, 0.1) is 0 Å². The van der Waals surface area contributed by atoms with Gasteiger partial charge in [-0.25, -0.2) is 0 Å². The van der Waals surface area contributed by atoms with Gasteiger partial charge in [-0.2, -0.15) is 0 Å². The van der Waals surface area contributed by atoms with Gasteiger partial charge in [-0.05, 0) is 24.7 Å². The minimum absolute atomic E-state index is 0.760. The van der Waals surface area contributed by atoms with E-state index in [-0.39, 0.29) is 0 Å². The highest BCUT2D eigenvalue weighted by Crippen LogP contribution is 2.21. The summed E-state index contributed by atoms with van der Waals surface area (Å²) in [4.78, 5) is 0. The molecule has 0 aliphatic rings. The molecule has 0 atom stereocenters. The van der Waals surface area contributed by atoms with Gasteiger partial charge in [0.2, 0.25) is 0 Å². The van der Waals surface area contributed by atoms with Gasteiger partial charge in [0, 0.05) is 29.1 Å². The molecule has 1 aromatic carbocycles. The van der Waals surface area contributed by atoms with Gasteiger partial charge in [-0.15, -0.1) is 0 Å². The Morgan fingerprint density at radius 1 is 1.36 bits per heavy atom. The molecule has 0 fully saturated rings. The molecule has 0 amide bonds. The Morgan fingerprint density at radius 2 is 2.14 bits per heavy atom. The van der Waals surface area contributed by atoms with Crippen LogP contribution in [0.2, 0.25) is 5.02 Å². The van der Waals surface area contributed by atoms with Crippen molar-refractivity contribution in [3.63, 3.8) is 0 Å². The molecule has 2 nitrogen and oxygen atoms in total. The van der Waals surface area contributed by atoms with Crippen molar-refractivity contribution in [2.45, 2.75) is 6.54 Å². The Labute approximate surface area is 98.2 Å². The van der Waals surface area contributed by atoms with E-state index in [4.69, 9.17) is 11.6 Å². The predicted octanol–water partition coefficient (Wildman–Crippen LogP) is 2.41. The van der Waals surface area contributed by atoms with Crippen LogP contribution in [0.4, 0.5) is 0 Å². The molecule has 0 bridgehead atoms. The van der Waals surface area contributed by atoms with Crippen LogP contribution in [-0.4, -0.2) is 20.1 Å². The molecule has 0 saturated heterocycles. The summed E-state index contributed by atoms with van der Waals surface area (Å²) in [6.45, 7) is 2.80. The van der Waals surface area contributed by atoms with Gasteiger partial charge >= 0.3 is 0 Å². The average Bonchev–Trinajstić information content (AvgIpc) is 2.15. The van der Waals surface area contributed by atoms with Crippen molar-refractivity contribution in [1.82, 2.24) is 10.6 Å². The van der Waals surface area contributed by atoms with Gasteiger partial charge < -0.3 is 10.6 Å². The summed E-state index contributed by atoms with van der Waals surface area (Å²) in [7, 11) is 1.94. The normalized spacial score (nSPS) is 10.5. The maximum absolute atomic E-state index is 5.84. The molecule has 4 heteroatoms. The second-order valence-electron chi connectivity index (χ2n) is 3.02. The van der Waals surface area contributed by atoms with E-state index < -0.39 is 0 Å². The molecule has 0 spiro atoms. The zero-order valence-electron chi connectivity index (χ0n) is 8.11.